The van der Waals surface area contributed by atoms with Crippen LogP contribution in [0.15, 0.2) is 18.2 Å². The van der Waals surface area contributed by atoms with E-state index >= 15 is 0 Å². The molecular weight excluding hydrogens is 232 g/mol. The number of aliphatic hydroxyl groups is 1. The van der Waals surface area contributed by atoms with Crippen molar-refractivity contribution in [1.29, 1.82) is 0 Å². The smallest absolute Gasteiger partial charge is 0.308 e. The Morgan fingerprint density at radius 3 is 2.75 bits per heavy atom. The fourth-order valence-electron chi connectivity index (χ4n) is 1.31. The van der Waals surface area contributed by atoms with Crippen LogP contribution in [0, 0.1) is 0 Å². The van der Waals surface area contributed by atoms with Crippen molar-refractivity contribution in [1.82, 2.24) is 0 Å². The zero-order chi connectivity index (χ0) is 12.1. The number of esters is 1. The number of carbonyl (C=O) groups excluding carboxylic acids is 1. The first kappa shape index (κ1) is 12.8. The largest absolute Gasteiger partial charge is 0.496 e. The Labute approximate surface area is 98.7 Å². The second kappa shape index (κ2) is 5.72. The van der Waals surface area contributed by atoms with E-state index in [4.69, 9.17) is 16.3 Å². The maximum Gasteiger partial charge on any atom is 0.308 e. The SMILES string of the molecule is COC(=O)C[C@@H](O)c1ccc(Cl)cc1OC. The molecule has 1 aromatic rings. The molecule has 5 heteroatoms. The van der Waals surface area contributed by atoms with Crippen LogP contribution in [0.1, 0.15) is 18.1 Å². The summed E-state index contributed by atoms with van der Waals surface area (Å²) in [5.41, 5.74) is 0.511. The van der Waals surface area contributed by atoms with Gasteiger partial charge >= 0.3 is 5.97 Å². The fraction of sp³-hybridized carbons (Fsp3) is 0.364. The molecule has 1 atom stereocenters. The van der Waals surface area contributed by atoms with Crippen molar-refractivity contribution in [3.8, 4) is 5.75 Å². The van der Waals surface area contributed by atoms with Crippen molar-refractivity contribution in [2.75, 3.05) is 14.2 Å². The summed E-state index contributed by atoms with van der Waals surface area (Å²) in [4.78, 5) is 11.0. The first-order valence-corrected chi connectivity index (χ1v) is 5.04. The van der Waals surface area contributed by atoms with Gasteiger partial charge in [-0.3, -0.25) is 4.79 Å². The van der Waals surface area contributed by atoms with Crippen molar-refractivity contribution in [3.63, 3.8) is 0 Å². The highest BCUT2D eigenvalue weighted by Gasteiger charge is 2.17. The van der Waals surface area contributed by atoms with Gasteiger partial charge in [0.25, 0.3) is 0 Å². The number of rotatable bonds is 4. The van der Waals surface area contributed by atoms with Crippen LogP contribution in [0.2, 0.25) is 5.02 Å². The zero-order valence-corrected chi connectivity index (χ0v) is 9.82. The molecule has 88 valence electrons. The summed E-state index contributed by atoms with van der Waals surface area (Å²) < 4.78 is 9.54. The minimum Gasteiger partial charge on any atom is -0.496 e. The number of hydrogen-bond acceptors (Lipinski definition) is 4. The maximum absolute atomic E-state index is 11.0. The van der Waals surface area contributed by atoms with Crippen LogP contribution in [0.4, 0.5) is 0 Å². The number of methoxy groups -OCH3 is 2. The number of ether oxygens (including phenoxy) is 2. The summed E-state index contributed by atoms with van der Waals surface area (Å²) in [6.45, 7) is 0. The Hall–Kier alpha value is -1.26. The molecule has 4 nitrogen and oxygen atoms in total. The predicted molar refractivity (Wildman–Crippen MR) is 59.6 cm³/mol. The first-order chi connectivity index (χ1) is 7.58. The molecule has 0 radical (unpaired) electrons. The average Bonchev–Trinajstić information content (AvgIpc) is 2.28. The molecule has 0 aliphatic rings. The Morgan fingerprint density at radius 1 is 1.50 bits per heavy atom. The fourth-order valence-corrected chi connectivity index (χ4v) is 1.47. The van der Waals surface area contributed by atoms with Gasteiger partial charge in [0.15, 0.2) is 0 Å². The maximum atomic E-state index is 11.0. The molecule has 0 saturated heterocycles. The number of halogens is 1. The highest BCUT2D eigenvalue weighted by atomic mass is 35.5. The third kappa shape index (κ3) is 3.12. The van der Waals surface area contributed by atoms with E-state index in [1.54, 1.807) is 18.2 Å². The third-order valence-electron chi connectivity index (χ3n) is 2.14. The predicted octanol–water partition coefficient (Wildman–Crippen LogP) is 1.95. The average molecular weight is 245 g/mol. The van der Waals surface area contributed by atoms with Gasteiger partial charge in [-0.05, 0) is 12.1 Å². The molecule has 0 unspecified atom stereocenters. The van der Waals surface area contributed by atoms with Gasteiger partial charge in [0.1, 0.15) is 5.75 Å². The van der Waals surface area contributed by atoms with Gasteiger partial charge in [0.2, 0.25) is 0 Å². The second-order valence-corrected chi connectivity index (χ2v) is 3.62. The van der Waals surface area contributed by atoms with Gasteiger partial charge < -0.3 is 14.6 Å². The molecule has 1 aromatic carbocycles. The van der Waals surface area contributed by atoms with Crippen molar-refractivity contribution in [2.45, 2.75) is 12.5 Å². The van der Waals surface area contributed by atoms with Crippen LogP contribution >= 0.6 is 11.6 Å². The molecule has 0 fully saturated rings. The van der Waals surface area contributed by atoms with Crippen LogP contribution in [-0.4, -0.2) is 25.3 Å². The van der Waals surface area contributed by atoms with Crippen molar-refractivity contribution >= 4 is 17.6 Å². The zero-order valence-electron chi connectivity index (χ0n) is 9.07. The van der Waals surface area contributed by atoms with Crippen molar-refractivity contribution < 1.29 is 19.4 Å². The molecule has 0 aliphatic carbocycles. The van der Waals surface area contributed by atoms with Crippen LogP contribution in [0.25, 0.3) is 0 Å². The first-order valence-electron chi connectivity index (χ1n) is 4.66. The van der Waals surface area contributed by atoms with E-state index in [2.05, 4.69) is 4.74 Å². The van der Waals surface area contributed by atoms with Gasteiger partial charge in [-0.1, -0.05) is 17.7 Å². The van der Waals surface area contributed by atoms with Gasteiger partial charge in [0, 0.05) is 10.6 Å². The van der Waals surface area contributed by atoms with Crippen LogP contribution in [0.3, 0.4) is 0 Å². The second-order valence-electron chi connectivity index (χ2n) is 3.18. The summed E-state index contributed by atoms with van der Waals surface area (Å²) in [6, 6.07) is 4.83. The Morgan fingerprint density at radius 2 is 2.19 bits per heavy atom. The normalized spacial score (nSPS) is 12.0. The molecular formula is C11H13ClO4. The summed E-state index contributed by atoms with van der Waals surface area (Å²) in [5.74, 6) is -0.0339. The molecule has 1 N–H and O–H groups in total. The van der Waals surface area contributed by atoms with Gasteiger partial charge in [-0.2, -0.15) is 0 Å². The van der Waals surface area contributed by atoms with E-state index in [0.717, 1.165) is 0 Å². The quantitative estimate of drug-likeness (QED) is 0.823. The topological polar surface area (TPSA) is 55.8 Å². The van der Waals surface area contributed by atoms with E-state index in [9.17, 15) is 9.90 Å². The lowest BCUT2D eigenvalue weighted by Gasteiger charge is -2.13. The summed E-state index contributed by atoms with van der Waals surface area (Å²) in [7, 11) is 2.74. The highest BCUT2D eigenvalue weighted by Crippen LogP contribution is 2.30. The van der Waals surface area contributed by atoms with E-state index in [1.165, 1.54) is 14.2 Å². The third-order valence-corrected chi connectivity index (χ3v) is 2.38. The lowest BCUT2D eigenvalue weighted by molar-refractivity contribution is -0.142. The molecule has 0 amide bonds. The standard InChI is InChI=1S/C11H13ClO4/c1-15-10-5-7(12)3-4-8(10)9(13)6-11(14)16-2/h3-5,9,13H,6H2,1-2H3/t9-/m1/s1. The van der Waals surface area contributed by atoms with Gasteiger partial charge in [0.05, 0.1) is 26.7 Å². The van der Waals surface area contributed by atoms with Crippen LogP contribution in [0.5, 0.6) is 5.75 Å². The van der Waals surface area contributed by atoms with Crippen LogP contribution < -0.4 is 4.74 Å². The summed E-state index contributed by atoms with van der Waals surface area (Å²) >= 11 is 5.78. The molecule has 16 heavy (non-hydrogen) atoms. The van der Waals surface area contributed by atoms with Crippen molar-refractivity contribution in [3.05, 3.63) is 28.8 Å². The minimum absolute atomic E-state index is 0.117. The molecule has 0 bridgehead atoms. The number of benzene rings is 1. The molecule has 1 rings (SSSR count). The number of aliphatic hydroxyl groups excluding tert-OH is 1. The minimum atomic E-state index is -0.959. The van der Waals surface area contributed by atoms with Crippen LogP contribution in [-0.2, 0) is 9.53 Å². The lowest BCUT2D eigenvalue weighted by atomic mass is 10.1. The molecule has 0 spiro atoms. The Bertz CT molecular complexity index is 378. The monoisotopic (exact) mass is 244 g/mol. The molecule has 0 aliphatic heterocycles. The van der Waals surface area contributed by atoms with E-state index in [1.807, 2.05) is 0 Å². The Kier molecular flexibility index (Phi) is 4.58. The van der Waals surface area contributed by atoms with E-state index in [0.29, 0.717) is 16.3 Å². The highest BCUT2D eigenvalue weighted by molar-refractivity contribution is 6.30. The van der Waals surface area contributed by atoms with E-state index < -0.39 is 12.1 Å². The molecule has 0 saturated carbocycles. The molecule has 0 heterocycles. The number of hydrogen-bond donors (Lipinski definition) is 1. The number of carbonyl (C=O) groups is 1. The van der Waals surface area contributed by atoms with Gasteiger partial charge in [-0.25, -0.2) is 0 Å². The lowest BCUT2D eigenvalue weighted by Crippen LogP contribution is -2.09. The van der Waals surface area contributed by atoms with Gasteiger partial charge in [-0.15, -0.1) is 0 Å². The van der Waals surface area contributed by atoms with Crippen molar-refractivity contribution in [2.24, 2.45) is 0 Å². The molecule has 0 aromatic heterocycles. The summed E-state index contributed by atoms with van der Waals surface area (Å²) in [5, 5.41) is 10.3. The van der Waals surface area contributed by atoms with E-state index in [-0.39, 0.29) is 6.42 Å². The summed E-state index contributed by atoms with van der Waals surface area (Å²) in [6.07, 6.45) is -1.08. The Balaban J connectivity index is 2.90.